The van der Waals surface area contributed by atoms with E-state index in [2.05, 4.69) is 23.5 Å². The Labute approximate surface area is 125 Å². The van der Waals surface area contributed by atoms with Crippen molar-refractivity contribution in [3.05, 3.63) is 29.3 Å². The number of ether oxygens (including phenoxy) is 1. The normalized spacial score (nSPS) is 22.2. The van der Waals surface area contributed by atoms with Crippen LogP contribution in [0.5, 0.6) is 5.75 Å². The number of hydrogen-bond donors (Lipinski definition) is 2. The van der Waals surface area contributed by atoms with Gasteiger partial charge in [0.1, 0.15) is 5.75 Å². The van der Waals surface area contributed by atoms with Gasteiger partial charge < -0.3 is 15.2 Å². The van der Waals surface area contributed by atoms with Crippen molar-refractivity contribution in [1.82, 2.24) is 5.32 Å². The maximum absolute atomic E-state index is 10.7. The first-order valence-electron chi connectivity index (χ1n) is 7.97. The summed E-state index contributed by atoms with van der Waals surface area (Å²) in [5, 5.41) is 11.3. The molecule has 1 fully saturated rings. The standard InChI is InChI=1S/C17H23NO3/c19-17(20)18-11-14-8-9-21-16-10-13(6-7-15(14)16)12-4-2-1-3-5-12/h6-7,10,12,14,18H,1-5,8-9,11H2,(H,19,20). The van der Waals surface area contributed by atoms with Gasteiger partial charge in [-0.15, -0.1) is 0 Å². The second-order valence-electron chi connectivity index (χ2n) is 6.15. The summed E-state index contributed by atoms with van der Waals surface area (Å²) in [5.74, 6) is 1.86. The van der Waals surface area contributed by atoms with Crippen LogP contribution in [0.1, 0.15) is 61.5 Å². The monoisotopic (exact) mass is 289 g/mol. The van der Waals surface area contributed by atoms with Crippen LogP contribution in [-0.2, 0) is 0 Å². The predicted molar refractivity (Wildman–Crippen MR) is 81.1 cm³/mol. The van der Waals surface area contributed by atoms with Crippen LogP contribution < -0.4 is 10.1 Å². The number of hydrogen-bond acceptors (Lipinski definition) is 2. The zero-order chi connectivity index (χ0) is 14.7. The third-order valence-corrected chi connectivity index (χ3v) is 4.78. The van der Waals surface area contributed by atoms with E-state index in [0.717, 1.165) is 17.7 Å². The van der Waals surface area contributed by atoms with Crippen LogP contribution in [0.2, 0.25) is 0 Å². The lowest BCUT2D eigenvalue weighted by Gasteiger charge is -2.28. The van der Waals surface area contributed by atoms with E-state index in [0.29, 0.717) is 19.1 Å². The smallest absolute Gasteiger partial charge is 0.404 e. The number of nitrogens with one attached hydrogen (secondary N) is 1. The Bertz CT molecular complexity index is 509. The molecule has 1 aromatic carbocycles. The van der Waals surface area contributed by atoms with Crippen molar-refractivity contribution < 1.29 is 14.6 Å². The minimum atomic E-state index is -0.957. The van der Waals surface area contributed by atoms with E-state index in [1.807, 2.05) is 0 Å². The lowest BCUT2D eigenvalue weighted by molar-refractivity contribution is 0.191. The summed E-state index contributed by atoms with van der Waals surface area (Å²) in [6, 6.07) is 6.56. The topological polar surface area (TPSA) is 58.6 Å². The summed E-state index contributed by atoms with van der Waals surface area (Å²) >= 11 is 0. The average molecular weight is 289 g/mol. The van der Waals surface area contributed by atoms with Gasteiger partial charge in [0.15, 0.2) is 0 Å². The van der Waals surface area contributed by atoms with Gasteiger partial charge in [-0.2, -0.15) is 0 Å². The van der Waals surface area contributed by atoms with Crippen molar-refractivity contribution in [2.24, 2.45) is 0 Å². The highest BCUT2D eigenvalue weighted by atomic mass is 16.5. The second-order valence-corrected chi connectivity index (χ2v) is 6.15. The molecule has 0 saturated heterocycles. The van der Waals surface area contributed by atoms with Gasteiger partial charge in [0.2, 0.25) is 0 Å². The number of carboxylic acid groups (broad SMARTS) is 1. The molecular weight excluding hydrogens is 266 g/mol. The summed E-state index contributed by atoms with van der Waals surface area (Å²) < 4.78 is 5.82. The molecule has 1 aliphatic carbocycles. The molecule has 1 amide bonds. The molecule has 0 bridgehead atoms. The zero-order valence-corrected chi connectivity index (χ0v) is 12.3. The van der Waals surface area contributed by atoms with Crippen LogP contribution in [0.25, 0.3) is 0 Å². The number of amides is 1. The summed E-state index contributed by atoms with van der Waals surface area (Å²) in [6.07, 6.45) is 6.49. The predicted octanol–water partition coefficient (Wildman–Crippen LogP) is 3.87. The molecule has 4 nitrogen and oxygen atoms in total. The first kappa shape index (κ1) is 14.2. The van der Waals surface area contributed by atoms with Crippen molar-refractivity contribution in [1.29, 1.82) is 0 Å². The molecule has 0 radical (unpaired) electrons. The van der Waals surface area contributed by atoms with Gasteiger partial charge >= 0.3 is 6.09 Å². The molecule has 1 heterocycles. The van der Waals surface area contributed by atoms with E-state index in [1.165, 1.54) is 37.7 Å². The van der Waals surface area contributed by atoms with Gasteiger partial charge in [-0.25, -0.2) is 4.79 Å². The Morgan fingerprint density at radius 3 is 2.81 bits per heavy atom. The van der Waals surface area contributed by atoms with Gasteiger partial charge in [0.25, 0.3) is 0 Å². The summed E-state index contributed by atoms with van der Waals surface area (Å²) in [6.45, 7) is 1.14. The first-order valence-corrected chi connectivity index (χ1v) is 7.97. The van der Waals surface area contributed by atoms with E-state index in [9.17, 15) is 4.79 Å². The fraction of sp³-hybridized carbons (Fsp3) is 0.588. The largest absolute Gasteiger partial charge is 0.493 e. The average Bonchev–Trinajstić information content (AvgIpc) is 2.53. The number of fused-ring (bicyclic) bond motifs is 1. The van der Waals surface area contributed by atoms with Crippen LogP contribution in [0.15, 0.2) is 18.2 Å². The Kier molecular flexibility index (Phi) is 4.32. The second kappa shape index (κ2) is 6.37. The maximum atomic E-state index is 10.7. The third-order valence-electron chi connectivity index (χ3n) is 4.78. The summed E-state index contributed by atoms with van der Waals surface area (Å²) in [7, 11) is 0. The Morgan fingerprint density at radius 2 is 2.05 bits per heavy atom. The van der Waals surface area contributed by atoms with Gasteiger partial charge in [-0.1, -0.05) is 31.4 Å². The number of carbonyl (C=O) groups is 1. The molecule has 1 aromatic rings. The van der Waals surface area contributed by atoms with Gasteiger partial charge in [0.05, 0.1) is 6.61 Å². The van der Waals surface area contributed by atoms with E-state index < -0.39 is 6.09 Å². The first-order chi connectivity index (χ1) is 10.2. The highest BCUT2D eigenvalue weighted by molar-refractivity contribution is 5.64. The van der Waals surface area contributed by atoms with Crippen molar-refractivity contribution in [3.8, 4) is 5.75 Å². The highest BCUT2D eigenvalue weighted by Gasteiger charge is 2.24. The van der Waals surface area contributed by atoms with Crippen LogP contribution >= 0.6 is 0 Å². The number of benzene rings is 1. The lowest BCUT2D eigenvalue weighted by atomic mass is 9.82. The Balaban J connectivity index is 1.76. The lowest BCUT2D eigenvalue weighted by Crippen LogP contribution is -2.29. The SMILES string of the molecule is O=C(O)NCC1CCOc2cc(C3CCCCC3)ccc21. The molecule has 2 N–H and O–H groups in total. The quantitative estimate of drug-likeness (QED) is 0.888. The molecule has 21 heavy (non-hydrogen) atoms. The Hall–Kier alpha value is -1.71. The van der Waals surface area contributed by atoms with Crippen LogP contribution in [-0.4, -0.2) is 24.4 Å². The molecule has 3 rings (SSSR count). The molecule has 0 aromatic heterocycles. The van der Waals surface area contributed by atoms with Crippen LogP contribution in [0, 0.1) is 0 Å². The van der Waals surface area contributed by atoms with E-state index in [1.54, 1.807) is 0 Å². The molecule has 0 spiro atoms. The molecule has 1 saturated carbocycles. The molecule has 114 valence electrons. The molecular formula is C17H23NO3. The maximum Gasteiger partial charge on any atom is 0.404 e. The minimum Gasteiger partial charge on any atom is -0.493 e. The fourth-order valence-corrected chi connectivity index (χ4v) is 3.59. The minimum absolute atomic E-state index is 0.227. The third kappa shape index (κ3) is 3.31. The summed E-state index contributed by atoms with van der Waals surface area (Å²) in [5.41, 5.74) is 2.54. The molecule has 4 heteroatoms. The van der Waals surface area contributed by atoms with Gasteiger partial charge in [-0.3, -0.25) is 0 Å². The van der Waals surface area contributed by atoms with Crippen LogP contribution in [0.3, 0.4) is 0 Å². The van der Waals surface area contributed by atoms with Crippen LogP contribution in [0.4, 0.5) is 4.79 Å². The van der Waals surface area contributed by atoms with E-state index in [-0.39, 0.29) is 5.92 Å². The highest BCUT2D eigenvalue weighted by Crippen LogP contribution is 2.39. The molecule has 1 aliphatic heterocycles. The Morgan fingerprint density at radius 1 is 1.24 bits per heavy atom. The van der Waals surface area contributed by atoms with Crippen molar-refractivity contribution in [2.75, 3.05) is 13.2 Å². The fourth-order valence-electron chi connectivity index (χ4n) is 3.59. The molecule has 1 unspecified atom stereocenters. The van der Waals surface area contributed by atoms with Crippen molar-refractivity contribution in [2.45, 2.75) is 50.4 Å². The van der Waals surface area contributed by atoms with Crippen molar-refractivity contribution >= 4 is 6.09 Å². The van der Waals surface area contributed by atoms with E-state index >= 15 is 0 Å². The zero-order valence-electron chi connectivity index (χ0n) is 12.3. The molecule has 1 atom stereocenters. The summed E-state index contributed by atoms with van der Waals surface area (Å²) in [4.78, 5) is 10.7. The van der Waals surface area contributed by atoms with Gasteiger partial charge in [-0.05, 0) is 42.4 Å². The number of rotatable bonds is 3. The van der Waals surface area contributed by atoms with Gasteiger partial charge in [0, 0.05) is 12.5 Å². The van der Waals surface area contributed by atoms with Crippen molar-refractivity contribution in [3.63, 3.8) is 0 Å². The molecule has 2 aliphatic rings. The van der Waals surface area contributed by atoms with E-state index in [4.69, 9.17) is 9.84 Å².